The molecular weight excluding hydrogens is 406 g/mol. The Labute approximate surface area is 191 Å². The van der Waals surface area contributed by atoms with Crippen LogP contribution in [-0.2, 0) is 0 Å². The summed E-state index contributed by atoms with van der Waals surface area (Å²) in [5.41, 5.74) is 7.15. The molecular formula is C28H21N5. The second kappa shape index (κ2) is 7.88. The fraction of sp³-hybridized carbons (Fsp3) is 0.0357. The van der Waals surface area contributed by atoms with E-state index in [2.05, 4.69) is 92.7 Å². The summed E-state index contributed by atoms with van der Waals surface area (Å²) in [6.45, 7) is 2.10. The third-order valence-corrected chi connectivity index (χ3v) is 5.82. The van der Waals surface area contributed by atoms with E-state index in [0.717, 1.165) is 50.3 Å². The van der Waals surface area contributed by atoms with E-state index in [9.17, 15) is 0 Å². The van der Waals surface area contributed by atoms with Crippen LogP contribution in [0.2, 0.25) is 0 Å². The molecule has 6 aromatic rings. The first-order valence-electron chi connectivity index (χ1n) is 10.9. The normalized spacial score (nSPS) is 11.2. The van der Waals surface area contributed by atoms with Gasteiger partial charge in [-0.1, -0.05) is 66.7 Å². The zero-order valence-electron chi connectivity index (χ0n) is 18.1. The van der Waals surface area contributed by atoms with E-state index < -0.39 is 0 Å². The van der Waals surface area contributed by atoms with E-state index in [-0.39, 0.29) is 0 Å². The molecule has 0 aliphatic carbocycles. The largest absolute Gasteiger partial charge is 0.338 e. The lowest BCUT2D eigenvalue weighted by Gasteiger charge is -2.11. The summed E-state index contributed by atoms with van der Waals surface area (Å²) in [6.07, 6.45) is 1.87. The first kappa shape index (κ1) is 19.2. The molecule has 0 unspecified atom stereocenters. The minimum Gasteiger partial charge on any atom is -0.338 e. The van der Waals surface area contributed by atoms with Crippen LogP contribution in [0.1, 0.15) is 5.56 Å². The molecule has 0 radical (unpaired) electrons. The highest BCUT2D eigenvalue weighted by Gasteiger charge is 2.12. The quantitative estimate of drug-likeness (QED) is 0.341. The van der Waals surface area contributed by atoms with E-state index >= 15 is 0 Å². The van der Waals surface area contributed by atoms with Crippen LogP contribution < -0.4 is 5.32 Å². The molecule has 0 saturated heterocycles. The van der Waals surface area contributed by atoms with Gasteiger partial charge in [-0.25, -0.2) is 4.98 Å². The van der Waals surface area contributed by atoms with Crippen LogP contribution >= 0.6 is 0 Å². The molecule has 2 aromatic heterocycles. The van der Waals surface area contributed by atoms with Gasteiger partial charge in [0.1, 0.15) is 12.0 Å². The molecule has 0 atom stereocenters. The lowest BCUT2D eigenvalue weighted by molar-refractivity contribution is 1.06. The third kappa shape index (κ3) is 3.49. The number of aromatic nitrogens is 4. The van der Waals surface area contributed by atoms with Crippen LogP contribution in [0.5, 0.6) is 0 Å². The molecule has 33 heavy (non-hydrogen) atoms. The van der Waals surface area contributed by atoms with Gasteiger partial charge in [-0.2, -0.15) is 0 Å². The average molecular weight is 428 g/mol. The van der Waals surface area contributed by atoms with E-state index in [1.165, 1.54) is 5.56 Å². The minimum atomic E-state index is 0.725. The van der Waals surface area contributed by atoms with E-state index in [1.807, 2.05) is 42.7 Å². The second-order valence-corrected chi connectivity index (χ2v) is 8.09. The maximum Gasteiger partial charge on any atom is 0.161 e. The van der Waals surface area contributed by atoms with Gasteiger partial charge < -0.3 is 5.32 Å². The zero-order valence-corrected chi connectivity index (χ0v) is 18.1. The maximum absolute atomic E-state index is 4.63. The van der Waals surface area contributed by atoms with E-state index in [4.69, 9.17) is 0 Å². The number of nitrogens with one attached hydrogen (secondary N) is 1. The van der Waals surface area contributed by atoms with Crippen molar-refractivity contribution in [3.8, 4) is 16.9 Å². The summed E-state index contributed by atoms with van der Waals surface area (Å²) in [5, 5.41) is 14.6. The number of aryl methyl sites for hydroxylation is 1. The number of hydrogen-bond acceptors (Lipinski definition) is 4. The molecule has 1 N–H and O–H groups in total. The number of nitrogens with zero attached hydrogens (tertiary/aromatic N) is 4. The Hall–Kier alpha value is -4.51. The standard InChI is InChI=1S/C28H21N5/c1-19-8-7-11-22(16-19)33-18-29-25-17-21(14-15-26(25)33)30-28-24-13-6-5-12-23(24)27(31-32-28)20-9-3-2-4-10-20/h2-18H,1H3,(H,30,32). The fourth-order valence-corrected chi connectivity index (χ4v) is 4.22. The Morgan fingerprint density at radius 3 is 2.39 bits per heavy atom. The Balaban J connectivity index is 1.39. The second-order valence-electron chi connectivity index (χ2n) is 8.09. The summed E-state index contributed by atoms with van der Waals surface area (Å²) in [4.78, 5) is 4.63. The van der Waals surface area contributed by atoms with Gasteiger partial charge in [0.05, 0.1) is 11.0 Å². The Bertz CT molecular complexity index is 1600. The molecule has 0 saturated carbocycles. The predicted octanol–water partition coefficient (Wildman–Crippen LogP) is 6.69. The number of anilines is 2. The van der Waals surface area contributed by atoms with Gasteiger partial charge >= 0.3 is 0 Å². The van der Waals surface area contributed by atoms with E-state index in [0.29, 0.717) is 0 Å². The lowest BCUT2D eigenvalue weighted by atomic mass is 10.0. The summed E-state index contributed by atoms with van der Waals surface area (Å²) in [7, 11) is 0. The predicted molar refractivity (Wildman–Crippen MR) is 134 cm³/mol. The molecule has 0 bridgehead atoms. The summed E-state index contributed by atoms with van der Waals surface area (Å²) in [6, 6.07) is 33.0. The van der Waals surface area contributed by atoms with E-state index in [1.54, 1.807) is 0 Å². The van der Waals surface area contributed by atoms with Gasteiger partial charge in [0.15, 0.2) is 5.82 Å². The highest BCUT2D eigenvalue weighted by molar-refractivity contribution is 6.01. The highest BCUT2D eigenvalue weighted by Crippen LogP contribution is 2.31. The van der Waals surface area contributed by atoms with Crippen molar-refractivity contribution in [1.29, 1.82) is 0 Å². The Morgan fingerprint density at radius 2 is 1.55 bits per heavy atom. The van der Waals surface area contributed by atoms with Gasteiger partial charge in [-0.15, -0.1) is 10.2 Å². The summed E-state index contributed by atoms with van der Waals surface area (Å²) >= 11 is 0. The molecule has 5 nitrogen and oxygen atoms in total. The van der Waals surface area contributed by atoms with Crippen LogP contribution in [0.3, 0.4) is 0 Å². The third-order valence-electron chi connectivity index (χ3n) is 5.82. The molecule has 0 spiro atoms. The Kier molecular flexibility index (Phi) is 4.58. The fourth-order valence-electron chi connectivity index (χ4n) is 4.22. The van der Waals surface area contributed by atoms with Crippen LogP contribution in [0.25, 0.3) is 38.8 Å². The minimum absolute atomic E-state index is 0.725. The van der Waals surface area contributed by atoms with Crippen molar-refractivity contribution < 1.29 is 0 Å². The molecule has 0 fully saturated rings. The van der Waals surface area contributed by atoms with Crippen LogP contribution in [-0.4, -0.2) is 19.7 Å². The van der Waals surface area contributed by atoms with Gasteiger partial charge in [0.25, 0.3) is 0 Å². The molecule has 2 heterocycles. The van der Waals surface area contributed by atoms with Crippen LogP contribution in [0.4, 0.5) is 11.5 Å². The molecule has 0 amide bonds. The number of benzene rings is 4. The number of hydrogen-bond donors (Lipinski definition) is 1. The van der Waals surface area contributed by atoms with Gasteiger partial charge in [0.2, 0.25) is 0 Å². The van der Waals surface area contributed by atoms with Crippen molar-refractivity contribution in [1.82, 2.24) is 19.7 Å². The lowest BCUT2D eigenvalue weighted by Crippen LogP contribution is -1.99. The molecule has 0 aliphatic rings. The highest BCUT2D eigenvalue weighted by atomic mass is 15.2. The molecule has 0 aliphatic heterocycles. The van der Waals surface area contributed by atoms with Crippen LogP contribution in [0.15, 0.2) is 103 Å². The van der Waals surface area contributed by atoms with Crippen molar-refractivity contribution in [2.75, 3.05) is 5.32 Å². The molecule has 158 valence electrons. The van der Waals surface area contributed by atoms with Crippen molar-refractivity contribution in [2.45, 2.75) is 6.92 Å². The first-order valence-corrected chi connectivity index (χ1v) is 10.9. The Morgan fingerprint density at radius 1 is 0.727 bits per heavy atom. The van der Waals surface area contributed by atoms with Crippen molar-refractivity contribution in [2.24, 2.45) is 0 Å². The van der Waals surface area contributed by atoms with Gasteiger partial charge in [0, 0.05) is 27.7 Å². The average Bonchev–Trinajstić information content (AvgIpc) is 3.28. The summed E-state index contributed by atoms with van der Waals surface area (Å²) < 4.78 is 2.11. The monoisotopic (exact) mass is 427 g/mol. The molecule has 5 heteroatoms. The topological polar surface area (TPSA) is 55.6 Å². The van der Waals surface area contributed by atoms with Crippen molar-refractivity contribution >= 4 is 33.3 Å². The smallest absolute Gasteiger partial charge is 0.161 e. The SMILES string of the molecule is Cc1cccc(-n2cnc3cc(Nc4nnc(-c5ccccc5)c5ccccc45)ccc32)c1. The van der Waals surface area contributed by atoms with Gasteiger partial charge in [-0.3, -0.25) is 4.57 Å². The maximum atomic E-state index is 4.63. The zero-order chi connectivity index (χ0) is 22.2. The number of fused-ring (bicyclic) bond motifs is 2. The van der Waals surface area contributed by atoms with Crippen LogP contribution in [0, 0.1) is 6.92 Å². The summed E-state index contributed by atoms with van der Waals surface area (Å²) in [5.74, 6) is 0.725. The van der Waals surface area contributed by atoms with Gasteiger partial charge in [-0.05, 0) is 42.8 Å². The number of imidazole rings is 1. The first-order chi connectivity index (χ1) is 16.3. The molecule has 6 rings (SSSR count). The van der Waals surface area contributed by atoms with Crippen molar-refractivity contribution in [3.63, 3.8) is 0 Å². The van der Waals surface area contributed by atoms with Crippen molar-refractivity contribution in [3.05, 3.63) is 109 Å². The number of rotatable bonds is 4. The molecule has 4 aromatic carbocycles.